The molecule has 0 N–H and O–H groups in total. The summed E-state index contributed by atoms with van der Waals surface area (Å²) in [7, 11) is 3.62. The van der Waals surface area contributed by atoms with Crippen molar-refractivity contribution in [2.24, 2.45) is 0 Å². The fourth-order valence-corrected chi connectivity index (χ4v) is 0.983. The van der Waals surface area contributed by atoms with E-state index < -0.39 is 0 Å². The zero-order valence-corrected chi connectivity index (χ0v) is 11.0. The first-order chi connectivity index (χ1) is 5.52. The van der Waals surface area contributed by atoms with Crippen LogP contribution in [-0.2, 0) is 32.7 Å². The molecule has 0 aromatic heterocycles. The van der Waals surface area contributed by atoms with E-state index in [2.05, 4.69) is 12.8 Å². The van der Waals surface area contributed by atoms with Gasteiger partial charge >= 0.3 is 0 Å². The molecule has 0 aliphatic carbocycles. The van der Waals surface area contributed by atoms with Crippen LogP contribution < -0.4 is 0 Å². The third-order valence-electron chi connectivity index (χ3n) is 1.56. The van der Waals surface area contributed by atoms with E-state index >= 15 is 0 Å². The Morgan fingerprint density at radius 3 is 2.54 bits per heavy atom. The van der Waals surface area contributed by atoms with Crippen LogP contribution in [0.15, 0.2) is 29.8 Å². The molecule has 0 amide bonds. The van der Waals surface area contributed by atoms with E-state index in [-0.39, 0.29) is 38.5 Å². The molecule has 13 heavy (non-hydrogen) atoms. The number of halogens is 1. The Bertz CT molecular complexity index is 269. The molecular weight excluding hydrogens is 244 g/mol. The van der Waals surface area contributed by atoms with Crippen molar-refractivity contribution in [3.8, 4) is 0 Å². The van der Waals surface area contributed by atoms with Gasteiger partial charge in [0, 0.05) is 52.6 Å². The summed E-state index contributed by atoms with van der Waals surface area (Å²) in [6.45, 7) is 5.39. The Balaban J connectivity index is 0.00000144. The monoisotopic (exact) mass is 256 g/mol. The summed E-state index contributed by atoms with van der Waals surface area (Å²) in [5.41, 5.74) is 1.08. The van der Waals surface area contributed by atoms with Crippen molar-refractivity contribution in [3.63, 3.8) is 0 Å². The number of hydrogen-bond donors (Lipinski definition) is 0. The predicted molar refractivity (Wildman–Crippen MR) is 46.3 cm³/mol. The molecule has 69 valence electrons. The van der Waals surface area contributed by atoms with Crippen LogP contribution in [0.1, 0.15) is 6.92 Å². The van der Waals surface area contributed by atoms with E-state index in [0.29, 0.717) is 5.70 Å². The van der Waals surface area contributed by atoms with Crippen molar-refractivity contribution in [2.75, 3.05) is 14.1 Å². The molecule has 1 aliphatic heterocycles. The molecule has 1 radical (unpaired) electrons. The Kier molecular flexibility index (Phi) is 5.04. The van der Waals surface area contributed by atoms with Crippen LogP contribution in [-0.4, -0.2) is 24.1 Å². The van der Waals surface area contributed by atoms with Crippen molar-refractivity contribution in [2.45, 2.75) is 6.92 Å². The van der Waals surface area contributed by atoms with E-state index in [1.807, 2.05) is 14.1 Å². The van der Waals surface area contributed by atoms with Gasteiger partial charge < -0.3 is 5.01 Å². The maximum atomic E-state index is 13.1. The predicted octanol–water partition coefficient (Wildman–Crippen LogP) is 1.85. The molecule has 0 saturated carbocycles. The Morgan fingerprint density at radius 2 is 2.08 bits per heavy atom. The normalized spacial score (nSPS) is 16.7. The second kappa shape index (κ2) is 5.03. The van der Waals surface area contributed by atoms with Gasteiger partial charge in [-0.2, -0.15) is 0 Å². The first kappa shape index (κ1) is 13.0. The van der Waals surface area contributed by atoms with Crippen LogP contribution >= 0.6 is 0 Å². The van der Waals surface area contributed by atoms with Crippen LogP contribution in [0.4, 0.5) is 4.39 Å². The second-order valence-corrected chi connectivity index (χ2v) is 2.89. The van der Waals surface area contributed by atoms with Crippen LogP contribution in [0.5, 0.6) is 0 Å². The molecule has 1 heterocycles. The number of nitrogens with zero attached hydrogens (tertiary/aromatic N) is 2. The maximum absolute atomic E-state index is 13.1. The average molecular weight is 256 g/mol. The summed E-state index contributed by atoms with van der Waals surface area (Å²) >= 11 is 0. The molecule has 0 aromatic carbocycles. The van der Waals surface area contributed by atoms with Gasteiger partial charge in [-0.25, -0.2) is 9.40 Å². The largest absolute Gasteiger partial charge is 0.388 e. The summed E-state index contributed by atoms with van der Waals surface area (Å²) in [6, 6.07) is 0. The number of rotatable bonds is 1. The zero-order valence-electron chi connectivity index (χ0n) is 8.13. The van der Waals surface area contributed by atoms with Crippen molar-refractivity contribution >= 4 is 0 Å². The molecule has 0 aromatic rings. The summed E-state index contributed by atoms with van der Waals surface area (Å²) in [5.74, 6) is -0.306. The smallest absolute Gasteiger partial charge is 0.0390 e. The fraction of sp³-hybridized carbons (Fsp3) is 0.333. The van der Waals surface area contributed by atoms with E-state index in [1.165, 1.54) is 6.08 Å². The van der Waals surface area contributed by atoms with Gasteiger partial charge in [0.2, 0.25) is 0 Å². The first-order valence-corrected chi connectivity index (χ1v) is 3.66. The van der Waals surface area contributed by atoms with Gasteiger partial charge in [0.05, 0.1) is 0 Å². The molecule has 0 unspecified atom stereocenters. The van der Waals surface area contributed by atoms with Gasteiger partial charge in [-0.3, -0.25) is 0 Å². The fourth-order valence-electron chi connectivity index (χ4n) is 0.983. The van der Waals surface area contributed by atoms with Crippen LogP contribution in [0.2, 0.25) is 0 Å². The molecule has 0 fully saturated rings. The number of hydrazine groups is 1. The summed E-state index contributed by atoms with van der Waals surface area (Å²) < 4.78 is 13.1. The third kappa shape index (κ3) is 3.01. The van der Waals surface area contributed by atoms with Gasteiger partial charge in [0.25, 0.3) is 0 Å². The van der Waals surface area contributed by atoms with E-state index in [1.54, 1.807) is 16.9 Å². The molecule has 4 heteroatoms. The van der Waals surface area contributed by atoms with Crippen molar-refractivity contribution in [1.82, 2.24) is 10.0 Å². The molecule has 0 bridgehead atoms. The molecule has 0 saturated heterocycles. The average Bonchev–Trinajstić information content (AvgIpc) is 1.96. The van der Waals surface area contributed by atoms with Crippen LogP contribution in [0, 0.1) is 6.20 Å². The van der Waals surface area contributed by atoms with Gasteiger partial charge in [0.1, 0.15) is 0 Å². The topological polar surface area (TPSA) is 6.48 Å². The van der Waals surface area contributed by atoms with Crippen molar-refractivity contribution in [3.05, 3.63) is 36.0 Å². The van der Waals surface area contributed by atoms with Gasteiger partial charge in [-0.1, -0.05) is 13.1 Å². The summed E-state index contributed by atoms with van der Waals surface area (Å²) in [6.07, 6.45) is 4.37. The van der Waals surface area contributed by atoms with E-state index in [9.17, 15) is 4.39 Å². The molecular formula is C9H12FN2Y-. The molecule has 0 spiro atoms. The van der Waals surface area contributed by atoms with E-state index in [0.717, 1.165) is 5.57 Å². The van der Waals surface area contributed by atoms with Crippen LogP contribution in [0.3, 0.4) is 0 Å². The third-order valence-corrected chi connectivity index (χ3v) is 1.56. The summed E-state index contributed by atoms with van der Waals surface area (Å²) in [4.78, 5) is 0. The maximum Gasteiger partial charge on any atom is 0.0390 e. The van der Waals surface area contributed by atoms with Gasteiger partial charge in [-0.15, -0.1) is 18.2 Å². The second-order valence-electron chi connectivity index (χ2n) is 2.89. The minimum atomic E-state index is -0.306. The molecule has 0 atom stereocenters. The zero-order chi connectivity index (χ0) is 9.30. The van der Waals surface area contributed by atoms with Gasteiger partial charge in [-0.05, 0) is 5.70 Å². The van der Waals surface area contributed by atoms with Crippen molar-refractivity contribution < 1.29 is 37.1 Å². The van der Waals surface area contributed by atoms with Crippen molar-refractivity contribution in [1.29, 1.82) is 0 Å². The first-order valence-electron chi connectivity index (χ1n) is 3.66. The Labute approximate surface area is 104 Å². The Morgan fingerprint density at radius 1 is 1.54 bits per heavy atom. The minimum absolute atomic E-state index is 0. The standard InChI is InChI=1S/C9H12FN2.Y/c1-7-5-9(10)8(2)12(6-7)11(3)4;/h5H,2H2,1,3-4H3;/q-1;. The number of allylic oxidation sites excluding steroid dienone is 3. The molecule has 2 nitrogen and oxygen atoms in total. The van der Waals surface area contributed by atoms with E-state index in [4.69, 9.17) is 0 Å². The molecule has 1 rings (SSSR count). The van der Waals surface area contributed by atoms with Crippen LogP contribution in [0.25, 0.3) is 0 Å². The SMILES string of the molecule is C=C1C(F)=CC(C)=[C-]N1N(C)C.[Y]. The summed E-state index contributed by atoms with van der Waals surface area (Å²) in [5, 5.41) is 3.27. The molecule has 1 aliphatic rings. The van der Waals surface area contributed by atoms with Gasteiger partial charge in [0.15, 0.2) is 0 Å². The quantitative estimate of drug-likeness (QED) is 0.660. The number of hydrogen-bond acceptors (Lipinski definition) is 2. The Hall–Kier alpha value is 0.0139. The minimum Gasteiger partial charge on any atom is -0.388 e.